The lowest BCUT2D eigenvalue weighted by molar-refractivity contribution is 0.245. The molecule has 1 rings (SSSR count). The summed E-state index contributed by atoms with van der Waals surface area (Å²) in [5.41, 5.74) is 4.31. The highest BCUT2D eigenvalue weighted by Gasteiger charge is 2.13. The summed E-state index contributed by atoms with van der Waals surface area (Å²) in [6, 6.07) is -0.826. The summed E-state index contributed by atoms with van der Waals surface area (Å²) in [7, 11) is 1.46. The van der Waals surface area contributed by atoms with E-state index in [0.29, 0.717) is 11.3 Å². The fourth-order valence-electron chi connectivity index (χ4n) is 0.882. The quantitative estimate of drug-likeness (QED) is 0.698. The molecule has 1 amide bonds. The highest BCUT2D eigenvalue weighted by molar-refractivity contribution is 5.73. The first-order valence-corrected chi connectivity index (χ1v) is 4.16. The van der Waals surface area contributed by atoms with Gasteiger partial charge in [-0.25, -0.2) is 14.2 Å². The molecule has 0 saturated heterocycles. The van der Waals surface area contributed by atoms with E-state index in [0.717, 1.165) is 11.0 Å². The van der Waals surface area contributed by atoms with Crippen LogP contribution in [0.15, 0.2) is 4.79 Å². The molecule has 0 aromatic carbocycles. The number of nitrogens with two attached hydrogens (primary N) is 1. The average molecular weight is 200 g/mol. The van der Waals surface area contributed by atoms with Gasteiger partial charge in [0.1, 0.15) is 0 Å². The van der Waals surface area contributed by atoms with Gasteiger partial charge in [0.2, 0.25) is 0 Å². The van der Waals surface area contributed by atoms with Gasteiger partial charge >= 0.3 is 17.7 Å². The minimum Gasteiger partial charge on any atom is -0.464 e. The Hall–Kier alpha value is -1.79. The third kappa shape index (κ3) is 1.76. The predicted octanol–water partition coefficient (Wildman–Crippen LogP) is -0.703. The number of carbonyl (C=O) groups excluding carboxylic acids is 1. The molecule has 0 bridgehead atoms. The van der Waals surface area contributed by atoms with E-state index in [9.17, 15) is 9.59 Å². The first kappa shape index (κ1) is 10.3. The number of rotatable bonds is 3. The third-order valence-electron chi connectivity index (χ3n) is 1.58. The van der Waals surface area contributed by atoms with Crippen molar-refractivity contribution < 1.29 is 9.53 Å². The van der Waals surface area contributed by atoms with Crippen LogP contribution >= 0.6 is 0 Å². The molecule has 0 unspecified atom stereocenters. The van der Waals surface area contributed by atoms with E-state index in [1.54, 1.807) is 0 Å². The lowest BCUT2D eigenvalue weighted by Crippen LogP contribution is -2.33. The Bertz CT molecular complexity index is 392. The molecule has 0 spiro atoms. The number of hydrogen-bond acceptors (Lipinski definition) is 4. The van der Waals surface area contributed by atoms with Crippen molar-refractivity contribution in [3.8, 4) is 6.01 Å². The maximum Gasteiger partial charge on any atom is 0.357 e. The maximum atomic E-state index is 11.3. The minimum atomic E-state index is -0.919. The lowest BCUT2D eigenvalue weighted by Gasteiger charge is -1.99. The van der Waals surface area contributed by atoms with Crippen LogP contribution in [0.2, 0.25) is 0 Å². The number of hydrogen-bond donors (Lipinski definition) is 1. The Labute approximate surface area is 80.1 Å². The van der Waals surface area contributed by atoms with Gasteiger partial charge in [0, 0.05) is 7.05 Å². The molecule has 1 heterocycles. The molecule has 0 aliphatic carbocycles. The summed E-state index contributed by atoms with van der Waals surface area (Å²) in [6.07, 6.45) is 0.789. The standard InChI is InChI=1S/C7H12N4O3/c1-3-4-14-6-9-11(5(8)12)7(13)10(6)2/h3-4H2,1-2H3,(H2,8,12). The van der Waals surface area contributed by atoms with Crippen LogP contribution in [0.25, 0.3) is 0 Å². The summed E-state index contributed by atoms with van der Waals surface area (Å²) in [5, 5.41) is 3.62. The van der Waals surface area contributed by atoms with E-state index < -0.39 is 11.7 Å². The van der Waals surface area contributed by atoms with E-state index in [1.165, 1.54) is 7.05 Å². The van der Waals surface area contributed by atoms with Crippen LogP contribution in [0.1, 0.15) is 13.3 Å². The number of carbonyl (C=O) groups is 1. The van der Waals surface area contributed by atoms with Crippen molar-refractivity contribution in [3.05, 3.63) is 10.5 Å². The molecular formula is C7H12N4O3. The van der Waals surface area contributed by atoms with Crippen LogP contribution < -0.4 is 16.2 Å². The van der Waals surface area contributed by atoms with Gasteiger partial charge in [-0.2, -0.15) is 0 Å². The van der Waals surface area contributed by atoms with Crippen LogP contribution in [-0.2, 0) is 7.05 Å². The highest BCUT2D eigenvalue weighted by atomic mass is 16.5. The SMILES string of the molecule is CCCOc1nn(C(N)=O)c(=O)n1C. The Morgan fingerprint density at radius 3 is 2.71 bits per heavy atom. The summed E-state index contributed by atoms with van der Waals surface area (Å²) in [4.78, 5) is 22.0. The molecule has 0 saturated carbocycles. The lowest BCUT2D eigenvalue weighted by atomic mass is 10.5. The van der Waals surface area contributed by atoms with Crippen molar-refractivity contribution >= 4 is 6.03 Å². The van der Waals surface area contributed by atoms with Gasteiger partial charge in [-0.3, -0.25) is 0 Å². The van der Waals surface area contributed by atoms with E-state index in [2.05, 4.69) is 5.10 Å². The molecule has 0 fully saturated rings. The zero-order chi connectivity index (χ0) is 10.7. The van der Waals surface area contributed by atoms with Gasteiger partial charge in [0.05, 0.1) is 6.61 Å². The van der Waals surface area contributed by atoms with Crippen LogP contribution in [0.5, 0.6) is 6.01 Å². The number of nitrogens with zero attached hydrogens (tertiary/aromatic N) is 3. The maximum absolute atomic E-state index is 11.3. The van der Waals surface area contributed by atoms with E-state index >= 15 is 0 Å². The van der Waals surface area contributed by atoms with Crippen LogP contribution in [-0.4, -0.2) is 27.0 Å². The number of aromatic nitrogens is 3. The number of ether oxygens (including phenoxy) is 1. The second-order valence-electron chi connectivity index (χ2n) is 2.72. The summed E-state index contributed by atoms with van der Waals surface area (Å²) >= 11 is 0. The van der Waals surface area contributed by atoms with Crippen molar-refractivity contribution in [1.82, 2.24) is 14.3 Å². The molecule has 0 atom stereocenters. The number of amides is 1. The summed E-state index contributed by atoms with van der Waals surface area (Å²) in [5.74, 6) is 0. The zero-order valence-corrected chi connectivity index (χ0v) is 8.06. The van der Waals surface area contributed by atoms with Crippen LogP contribution in [0.3, 0.4) is 0 Å². The molecule has 0 aliphatic heterocycles. The van der Waals surface area contributed by atoms with Gasteiger partial charge in [0.15, 0.2) is 0 Å². The molecule has 78 valence electrons. The Balaban J connectivity index is 3.03. The predicted molar refractivity (Wildman–Crippen MR) is 48.2 cm³/mol. The fourth-order valence-corrected chi connectivity index (χ4v) is 0.882. The molecule has 14 heavy (non-hydrogen) atoms. The normalized spacial score (nSPS) is 10.1. The van der Waals surface area contributed by atoms with Crippen molar-refractivity contribution in [1.29, 1.82) is 0 Å². The van der Waals surface area contributed by atoms with Gasteiger partial charge in [-0.05, 0) is 6.42 Å². The van der Waals surface area contributed by atoms with E-state index in [-0.39, 0.29) is 6.01 Å². The minimum absolute atomic E-state index is 0.0932. The van der Waals surface area contributed by atoms with Crippen molar-refractivity contribution in [2.75, 3.05) is 6.61 Å². The van der Waals surface area contributed by atoms with Crippen LogP contribution in [0, 0.1) is 0 Å². The monoisotopic (exact) mass is 200 g/mol. The van der Waals surface area contributed by atoms with Crippen molar-refractivity contribution in [2.24, 2.45) is 12.8 Å². The first-order chi connectivity index (χ1) is 6.57. The van der Waals surface area contributed by atoms with E-state index in [1.807, 2.05) is 6.92 Å². The molecule has 7 nitrogen and oxygen atoms in total. The Morgan fingerprint density at radius 1 is 1.64 bits per heavy atom. The largest absolute Gasteiger partial charge is 0.464 e. The molecule has 0 aliphatic rings. The molecule has 2 N–H and O–H groups in total. The smallest absolute Gasteiger partial charge is 0.357 e. The van der Waals surface area contributed by atoms with Crippen molar-refractivity contribution in [2.45, 2.75) is 13.3 Å². The molecule has 0 radical (unpaired) electrons. The van der Waals surface area contributed by atoms with Gasteiger partial charge in [-0.15, -0.1) is 9.78 Å². The van der Waals surface area contributed by atoms with E-state index in [4.69, 9.17) is 10.5 Å². The molecule has 7 heteroatoms. The van der Waals surface area contributed by atoms with Gasteiger partial charge in [-0.1, -0.05) is 6.92 Å². The second-order valence-corrected chi connectivity index (χ2v) is 2.72. The second kappa shape index (κ2) is 3.95. The highest BCUT2D eigenvalue weighted by Crippen LogP contribution is 2.00. The van der Waals surface area contributed by atoms with Gasteiger partial charge < -0.3 is 10.5 Å². The topological polar surface area (TPSA) is 92.1 Å². The van der Waals surface area contributed by atoms with Crippen LogP contribution in [0.4, 0.5) is 4.79 Å². The van der Waals surface area contributed by atoms with Gasteiger partial charge in [0.25, 0.3) is 0 Å². The number of primary amides is 1. The molecule has 1 aromatic heterocycles. The zero-order valence-electron chi connectivity index (χ0n) is 8.06. The average Bonchev–Trinajstić information content (AvgIpc) is 2.42. The first-order valence-electron chi connectivity index (χ1n) is 4.16. The Morgan fingerprint density at radius 2 is 2.29 bits per heavy atom. The third-order valence-corrected chi connectivity index (χ3v) is 1.58. The van der Waals surface area contributed by atoms with Crippen molar-refractivity contribution in [3.63, 3.8) is 0 Å². The molecule has 1 aromatic rings. The summed E-state index contributed by atoms with van der Waals surface area (Å²) < 4.78 is 6.81. The Kier molecular flexibility index (Phi) is 2.90. The molecular weight excluding hydrogens is 188 g/mol. The summed E-state index contributed by atoms with van der Waals surface area (Å²) in [6.45, 7) is 2.35. The fraction of sp³-hybridized carbons (Fsp3) is 0.571.